The maximum absolute atomic E-state index is 11.7. The molecule has 4 nitrogen and oxygen atoms in total. The molecule has 1 N–H and O–H groups in total. The van der Waals surface area contributed by atoms with Crippen molar-refractivity contribution < 1.29 is 9.21 Å². The molecule has 108 valence electrons. The van der Waals surface area contributed by atoms with Gasteiger partial charge in [0.2, 0.25) is 0 Å². The van der Waals surface area contributed by atoms with Gasteiger partial charge in [-0.15, -0.1) is 0 Å². The molecule has 0 aliphatic carbocycles. The number of nitrogens with zero attached hydrogens (tertiary/aromatic N) is 1. The first kappa shape index (κ1) is 15.2. The van der Waals surface area contributed by atoms with Crippen molar-refractivity contribution in [3.63, 3.8) is 0 Å². The third-order valence-corrected chi connectivity index (χ3v) is 3.17. The fraction of sp³-hybridized carbons (Fsp3) is 0.188. The molecule has 0 radical (unpaired) electrons. The van der Waals surface area contributed by atoms with E-state index in [1.165, 1.54) is 0 Å². The van der Waals surface area contributed by atoms with Crippen molar-refractivity contribution in [1.29, 1.82) is 0 Å². The van der Waals surface area contributed by atoms with E-state index in [4.69, 9.17) is 4.42 Å². The molecule has 0 atom stereocenters. The molecule has 0 saturated carbocycles. The van der Waals surface area contributed by atoms with E-state index in [9.17, 15) is 4.79 Å². The number of hydrogen-bond acceptors (Lipinski definition) is 3. The predicted octanol–water partition coefficient (Wildman–Crippen LogP) is 2.89. The number of halogens is 1. The molecular weight excluding hydrogens is 332 g/mol. The standard InChI is InChI=1S/C16H15BrN2O2/c1-19(2)13-8-4-3-6-12(13)7-5-11-18-16(20)14-9-10-15(17)21-14/h3-4,6,8-10H,11H2,1-2H3,(H,18,20). The lowest BCUT2D eigenvalue weighted by atomic mass is 10.1. The number of furan rings is 1. The largest absolute Gasteiger partial charge is 0.444 e. The SMILES string of the molecule is CN(C)c1ccccc1C#CCNC(=O)c1ccc(Br)o1. The summed E-state index contributed by atoms with van der Waals surface area (Å²) in [6.45, 7) is 0.263. The Balaban J connectivity index is 1.97. The Kier molecular flexibility index (Phi) is 5.07. The van der Waals surface area contributed by atoms with Gasteiger partial charge in [-0.25, -0.2) is 0 Å². The van der Waals surface area contributed by atoms with Crippen LogP contribution in [0.2, 0.25) is 0 Å². The molecule has 0 spiro atoms. The van der Waals surface area contributed by atoms with Crippen molar-refractivity contribution in [1.82, 2.24) is 5.32 Å². The van der Waals surface area contributed by atoms with E-state index >= 15 is 0 Å². The minimum Gasteiger partial charge on any atom is -0.444 e. The molecule has 0 saturated heterocycles. The lowest BCUT2D eigenvalue weighted by Gasteiger charge is -2.13. The zero-order valence-electron chi connectivity index (χ0n) is 11.8. The third-order valence-electron chi connectivity index (χ3n) is 2.74. The number of anilines is 1. The highest BCUT2D eigenvalue weighted by atomic mass is 79.9. The summed E-state index contributed by atoms with van der Waals surface area (Å²) in [7, 11) is 3.94. The molecule has 1 heterocycles. The van der Waals surface area contributed by atoms with E-state index in [2.05, 4.69) is 33.1 Å². The first-order chi connectivity index (χ1) is 10.1. The molecule has 0 aliphatic heterocycles. The van der Waals surface area contributed by atoms with E-state index in [0.717, 1.165) is 11.3 Å². The Morgan fingerprint density at radius 1 is 1.29 bits per heavy atom. The average molecular weight is 347 g/mol. The number of benzene rings is 1. The number of carbonyl (C=O) groups is 1. The van der Waals surface area contributed by atoms with Gasteiger partial charge in [-0.05, 0) is 40.2 Å². The average Bonchev–Trinajstić information content (AvgIpc) is 2.90. The van der Waals surface area contributed by atoms with Gasteiger partial charge in [0.15, 0.2) is 10.4 Å². The Labute approximate surface area is 132 Å². The molecule has 0 fully saturated rings. The van der Waals surface area contributed by atoms with Crippen LogP contribution < -0.4 is 10.2 Å². The molecule has 2 rings (SSSR count). The molecule has 1 aromatic heterocycles. The van der Waals surface area contributed by atoms with Gasteiger partial charge in [0.05, 0.1) is 12.2 Å². The van der Waals surface area contributed by atoms with Crippen LogP contribution in [0.4, 0.5) is 5.69 Å². The fourth-order valence-corrected chi connectivity index (χ4v) is 2.06. The van der Waals surface area contributed by atoms with Crippen LogP contribution in [0.15, 0.2) is 45.5 Å². The van der Waals surface area contributed by atoms with Crippen LogP contribution >= 0.6 is 15.9 Å². The molecule has 0 bridgehead atoms. The molecule has 2 aromatic rings. The van der Waals surface area contributed by atoms with E-state index in [1.807, 2.05) is 43.3 Å². The summed E-state index contributed by atoms with van der Waals surface area (Å²) in [5.41, 5.74) is 1.98. The van der Waals surface area contributed by atoms with Gasteiger partial charge < -0.3 is 14.6 Å². The summed E-state index contributed by atoms with van der Waals surface area (Å²) >= 11 is 3.16. The third kappa shape index (κ3) is 4.14. The van der Waals surface area contributed by atoms with E-state index < -0.39 is 0 Å². The van der Waals surface area contributed by atoms with Crippen LogP contribution in [0, 0.1) is 11.8 Å². The fourth-order valence-electron chi connectivity index (χ4n) is 1.76. The maximum Gasteiger partial charge on any atom is 0.287 e. The van der Waals surface area contributed by atoms with Crippen molar-refractivity contribution >= 4 is 27.5 Å². The smallest absolute Gasteiger partial charge is 0.287 e. The van der Waals surface area contributed by atoms with Crippen LogP contribution in [0.1, 0.15) is 16.1 Å². The van der Waals surface area contributed by atoms with Gasteiger partial charge in [-0.2, -0.15) is 0 Å². The highest BCUT2D eigenvalue weighted by Gasteiger charge is 2.08. The lowest BCUT2D eigenvalue weighted by Crippen LogP contribution is -2.23. The van der Waals surface area contributed by atoms with Gasteiger partial charge in [-0.3, -0.25) is 4.79 Å². The van der Waals surface area contributed by atoms with Crippen molar-refractivity contribution in [2.75, 3.05) is 25.5 Å². The first-order valence-electron chi connectivity index (χ1n) is 6.36. The number of carbonyl (C=O) groups excluding carboxylic acids is 1. The summed E-state index contributed by atoms with van der Waals surface area (Å²) in [6, 6.07) is 11.1. The van der Waals surface area contributed by atoms with Crippen LogP contribution in [-0.2, 0) is 0 Å². The molecule has 0 unspecified atom stereocenters. The number of para-hydroxylation sites is 1. The maximum atomic E-state index is 11.7. The number of nitrogens with one attached hydrogen (secondary N) is 1. The molecule has 0 aliphatic rings. The number of rotatable bonds is 3. The Morgan fingerprint density at radius 2 is 2.05 bits per heavy atom. The Morgan fingerprint density at radius 3 is 2.71 bits per heavy atom. The summed E-state index contributed by atoms with van der Waals surface area (Å²) in [4.78, 5) is 13.7. The van der Waals surface area contributed by atoms with Gasteiger partial charge in [0.25, 0.3) is 5.91 Å². The summed E-state index contributed by atoms with van der Waals surface area (Å²) in [5, 5.41) is 2.69. The van der Waals surface area contributed by atoms with E-state index in [1.54, 1.807) is 12.1 Å². The highest BCUT2D eigenvalue weighted by Crippen LogP contribution is 2.16. The van der Waals surface area contributed by atoms with Crippen LogP contribution in [0.3, 0.4) is 0 Å². The second-order valence-electron chi connectivity index (χ2n) is 4.50. The lowest BCUT2D eigenvalue weighted by molar-refractivity contribution is 0.0930. The van der Waals surface area contributed by atoms with E-state index in [-0.39, 0.29) is 18.2 Å². The minimum absolute atomic E-state index is 0.261. The monoisotopic (exact) mass is 346 g/mol. The highest BCUT2D eigenvalue weighted by molar-refractivity contribution is 9.10. The second-order valence-corrected chi connectivity index (χ2v) is 5.28. The topological polar surface area (TPSA) is 45.5 Å². The second kappa shape index (κ2) is 7.00. The predicted molar refractivity (Wildman–Crippen MR) is 86.4 cm³/mol. The quantitative estimate of drug-likeness (QED) is 0.869. The van der Waals surface area contributed by atoms with Crippen LogP contribution in [-0.4, -0.2) is 26.5 Å². The van der Waals surface area contributed by atoms with Gasteiger partial charge in [-0.1, -0.05) is 24.0 Å². The summed E-state index contributed by atoms with van der Waals surface area (Å²) in [5.74, 6) is 5.98. The van der Waals surface area contributed by atoms with E-state index in [0.29, 0.717) is 4.67 Å². The summed E-state index contributed by atoms with van der Waals surface area (Å²) < 4.78 is 5.69. The number of hydrogen-bond donors (Lipinski definition) is 1. The van der Waals surface area contributed by atoms with Crippen molar-refractivity contribution in [2.45, 2.75) is 0 Å². The molecule has 1 amide bonds. The van der Waals surface area contributed by atoms with Crippen molar-refractivity contribution in [3.8, 4) is 11.8 Å². The molecule has 1 aromatic carbocycles. The zero-order chi connectivity index (χ0) is 15.2. The van der Waals surface area contributed by atoms with Crippen molar-refractivity contribution in [2.24, 2.45) is 0 Å². The van der Waals surface area contributed by atoms with Crippen molar-refractivity contribution in [3.05, 3.63) is 52.4 Å². The van der Waals surface area contributed by atoms with Gasteiger partial charge >= 0.3 is 0 Å². The summed E-state index contributed by atoms with van der Waals surface area (Å²) in [6.07, 6.45) is 0. The number of amides is 1. The molecular formula is C16H15BrN2O2. The first-order valence-corrected chi connectivity index (χ1v) is 7.16. The van der Waals surface area contributed by atoms with Crippen LogP contribution in [0.25, 0.3) is 0 Å². The van der Waals surface area contributed by atoms with Gasteiger partial charge in [0.1, 0.15) is 0 Å². The molecule has 21 heavy (non-hydrogen) atoms. The van der Waals surface area contributed by atoms with Crippen LogP contribution in [0.5, 0.6) is 0 Å². The Hall–Kier alpha value is -2.19. The van der Waals surface area contributed by atoms with Gasteiger partial charge in [0, 0.05) is 19.7 Å². The normalized spacial score (nSPS) is 9.67. The Bertz CT molecular complexity index is 696. The minimum atomic E-state index is -0.282. The molecule has 5 heteroatoms. The zero-order valence-corrected chi connectivity index (χ0v) is 13.4.